The van der Waals surface area contributed by atoms with E-state index in [1.807, 2.05) is 35.2 Å². The summed E-state index contributed by atoms with van der Waals surface area (Å²) in [7, 11) is 0. The molecule has 3 heterocycles. The molecule has 0 spiro atoms. The van der Waals surface area contributed by atoms with Gasteiger partial charge in [0.25, 0.3) is 0 Å². The van der Waals surface area contributed by atoms with Crippen LogP contribution < -0.4 is 10.2 Å². The smallest absolute Gasteiger partial charge is 0.230 e. The van der Waals surface area contributed by atoms with Crippen molar-refractivity contribution in [2.75, 3.05) is 31.1 Å². The molecule has 6 heteroatoms. The molecule has 2 aromatic rings. The Morgan fingerprint density at radius 3 is 2.52 bits per heavy atom. The van der Waals surface area contributed by atoms with Crippen LogP contribution in [-0.2, 0) is 16.0 Å². The van der Waals surface area contributed by atoms with Crippen molar-refractivity contribution in [3.05, 3.63) is 54.0 Å². The van der Waals surface area contributed by atoms with Crippen LogP contribution in [0.5, 0.6) is 0 Å². The highest BCUT2D eigenvalue weighted by Gasteiger charge is 2.40. The maximum atomic E-state index is 13.6. The topological polar surface area (TPSA) is 65.8 Å². The van der Waals surface area contributed by atoms with Crippen LogP contribution in [-0.4, -0.2) is 42.9 Å². The summed E-state index contributed by atoms with van der Waals surface area (Å²) in [5.74, 6) is 0.564. The van der Waals surface area contributed by atoms with E-state index in [0.29, 0.717) is 6.54 Å². The molecule has 2 aliphatic heterocycles. The third-order valence-electron chi connectivity index (χ3n) is 7.75. The Hall–Kier alpha value is -2.60. The molecule has 5 rings (SSSR count). The number of para-hydroxylation sites is 1. The van der Waals surface area contributed by atoms with Crippen molar-refractivity contribution >= 4 is 17.5 Å². The molecule has 1 saturated heterocycles. The van der Waals surface area contributed by atoms with Crippen LogP contribution in [0.15, 0.2) is 47.1 Å². The summed E-state index contributed by atoms with van der Waals surface area (Å²) in [4.78, 5) is 31.3. The Morgan fingerprint density at radius 2 is 1.73 bits per heavy atom. The summed E-state index contributed by atoms with van der Waals surface area (Å²) < 4.78 is 5.73. The number of hydrogen-bond donors (Lipinski definition) is 1. The summed E-state index contributed by atoms with van der Waals surface area (Å²) in [5.41, 5.74) is 2.25. The Kier molecular flexibility index (Phi) is 6.81. The number of amides is 2. The van der Waals surface area contributed by atoms with Crippen molar-refractivity contribution in [3.63, 3.8) is 0 Å². The Bertz CT molecular complexity index is 951. The fourth-order valence-corrected chi connectivity index (χ4v) is 5.96. The van der Waals surface area contributed by atoms with E-state index in [2.05, 4.69) is 16.3 Å². The summed E-state index contributed by atoms with van der Waals surface area (Å²) in [6.07, 6.45) is 9.83. The van der Waals surface area contributed by atoms with Crippen LogP contribution in [0.25, 0.3) is 0 Å². The lowest BCUT2D eigenvalue weighted by molar-refractivity contribution is -0.135. The van der Waals surface area contributed by atoms with Gasteiger partial charge >= 0.3 is 0 Å². The number of anilines is 1. The van der Waals surface area contributed by atoms with E-state index in [0.717, 1.165) is 63.2 Å². The van der Waals surface area contributed by atoms with Crippen molar-refractivity contribution < 1.29 is 14.0 Å². The van der Waals surface area contributed by atoms with Crippen LogP contribution in [0.2, 0.25) is 0 Å². The molecule has 1 aromatic heterocycles. The van der Waals surface area contributed by atoms with Crippen molar-refractivity contribution in [1.29, 1.82) is 0 Å². The van der Waals surface area contributed by atoms with Crippen LogP contribution >= 0.6 is 0 Å². The van der Waals surface area contributed by atoms with Crippen molar-refractivity contribution in [3.8, 4) is 0 Å². The van der Waals surface area contributed by atoms with Crippen LogP contribution in [0.3, 0.4) is 0 Å². The highest BCUT2D eigenvalue weighted by Crippen LogP contribution is 2.36. The number of rotatable bonds is 6. The van der Waals surface area contributed by atoms with Gasteiger partial charge in [0.15, 0.2) is 0 Å². The lowest BCUT2D eigenvalue weighted by Gasteiger charge is -2.35. The molecule has 33 heavy (non-hydrogen) atoms. The molecule has 176 valence electrons. The number of hydrogen-bond acceptors (Lipinski definition) is 4. The minimum atomic E-state index is -0.252. The zero-order chi connectivity index (χ0) is 22.6. The fourth-order valence-electron chi connectivity index (χ4n) is 5.96. The molecule has 1 aromatic carbocycles. The lowest BCUT2D eigenvalue weighted by Crippen LogP contribution is -2.47. The van der Waals surface area contributed by atoms with Gasteiger partial charge in [0.2, 0.25) is 11.8 Å². The van der Waals surface area contributed by atoms with Gasteiger partial charge in [-0.25, -0.2) is 0 Å². The molecule has 1 aliphatic carbocycles. The minimum absolute atomic E-state index is 0.0223. The van der Waals surface area contributed by atoms with E-state index < -0.39 is 0 Å². The second-order valence-electron chi connectivity index (χ2n) is 9.74. The van der Waals surface area contributed by atoms with Gasteiger partial charge < -0.3 is 14.6 Å². The molecule has 3 atom stereocenters. The molecule has 0 radical (unpaired) electrons. The zero-order valence-corrected chi connectivity index (χ0v) is 19.4. The van der Waals surface area contributed by atoms with Crippen LogP contribution in [0.1, 0.15) is 62.3 Å². The van der Waals surface area contributed by atoms with Crippen molar-refractivity contribution in [1.82, 2.24) is 10.2 Å². The third kappa shape index (κ3) is 4.72. The van der Waals surface area contributed by atoms with Crippen LogP contribution in [0.4, 0.5) is 5.69 Å². The maximum absolute atomic E-state index is 13.6. The van der Waals surface area contributed by atoms with E-state index in [-0.39, 0.29) is 29.7 Å². The Balaban J connectivity index is 1.27. The number of furan rings is 1. The maximum Gasteiger partial charge on any atom is 0.230 e. The third-order valence-corrected chi connectivity index (χ3v) is 7.75. The summed E-state index contributed by atoms with van der Waals surface area (Å²) >= 11 is 0. The first-order chi connectivity index (χ1) is 16.2. The summed E-state index contributed by atoms with van der Waals surface area (Å²) in [6.45, 7) is 3.30. The number of carbonyl (C=O) groups is 2. The van der Waals surface area contributed by atoms with Gasteiger partial charge in [-0.2, -0.15) is 0 Å². The molecule has 1 N–H and O–H groups in total. The number of piperidine rings is 1. The fraction of sp³-hybridized carbons (Fsp3) is 0.556. The molecule has 3 unspecified atom stereocenters. The van der Waals surface area contributed by atoms with Gasteiger partial charge in [0, 0.05) is 24.7 Å². The largest absolute Gasteiger partial charge is 0.468 e. The van der Waals surface area contributed by atoms with Gasteiger partial charge in [-0.15, -0.1) is 0 Å². The van der Waals surface area contributed by atoms with E-state index in [1.165, 1.54) is 24.8 Å². The highest BCUT2D eigenvalue weighted by molar-refractivity contribution is 5.99. The number of nitrogens with zero attached hydrogens (tertiary/aromatic N) is 2. The molecule has 2 amide bonds. The normalized spacial score (nSPS) is 24.3. The molecular formula is C27H35N3O3. The van der Waals surface area contributed by atoms with E-state index in [1.54, 1.807) is 6.26 Å². The highest BCUT2D eigenvalue weighted by atomic mass is 16.3. The minimum Gasteiger partial charge on any atom is -0.468 e. The predicted octanol–water partition coefficient (Wildman–Crippen LogP) is 4.32. The standard InChI is InChI=1S/C27H35N3O3/c31-26(28-19-24(25-13-8-18-33-25)29-15-6-1-7-16-29)21-10-3-4-11-22(21)27(32)30-17-14-20-9-2-5-12-23(20)30/h2,5,8-9,12-13,18,21-22,24H,1,3-4,6-7,10-11,14-17,19H2,(H,28,31). The van der Waals surface area contributed by atoms with Crippen LogP contribution in [0, 0.1) is 11.8 Å². The number of carbonyl (C=O) groups excluding carboxylic acids is 2. The molecule has 0 bridgehead atoms. The average Bonchev–Trinajstić information content (AvgIpc) is 3.55. The summed E-state index contributed by atoms with van der Waals surface area (Å²) in [5, 5.41) is 3.22. The number of nitrogens with one attached hydrogen (secondary N) is 1. The first-order valence-electron chi connectivity index (χ1n) is 12.7. The monoisotopic (exact) mass is 449 g/mol. The number of benzene rings is 1. The Morgan fingerprint density at radius 1 is 0.939 bits per heavy atom. The van der Waals surface area contributed by atoms with E-state index >= 15 is 0 Å². The van der Waals surface area contributed by atoms with E-state index in [9.17, 15) is 9.59 Å². The first-order valence-corrected chi connectivity index (χ1v) is 12.7. The molecule has 3 aliphatic rings. The van der Waals surface area contributed by atoms with Gasteiger partial charge in [0.05, 0.1) is 18.2 Å². The van der Waals surface area contributed by atoms with Gasteiger partial charge in [-0.3, -0.25) is 14.5 Å². The van der Waals surface area contributed by atoms with E-state index in [4.69, 9.17) is 4.42 Å². The second-order valence-corrected chi connectivity index (χ2v) is 9.74. The predicted molar refractivity (Wildman–Crippen MR) is 128 cm³/mol. The molecule has 2 fully saturated rings. The molecule has 1 saturated carbocycles. The van der Waals surface area contributed by atoms with Gasteiger partial charge in [-0.1, -0.05) is 37.5 Å². The summed E-state index contributed by atoms with van der Waals surface area (Å²) in [6, 6.07) is 12.1. The SMILES string of the molecule is O=C(NCC(c1ccco1)N1CCCCC1)C1CCCCC1C(=O)N1CCc2ccccc21. The van der Waals surface area contributed by atoms with Crippen molar-refractivity contribution in [2.24, 2.45) is 11.8 Å². The lowest BCUT2D eigenvalue weighted by atomic mass is 9.77. The molecular weight excluding hydrogens is 414 g/mol. The quantitative estimate of drug-likeness (QED) is 0.713. The van der Waals surface area contributed by atoms with Crippen molar-refractivity contribution in [2.45, 2.75) is 57.4 Å². The second kappa shape index (κ2) is 10.1. The zero-order valence-electron chi connectivity index (χ0n) is 19.4. The number of likely N-dealkylation sites (tertiary alicyclic amines) is 1. The first kappa shape index (κ1) is 22.2. The van der Waals surface area contributed by atoms with Gasteiger partial charge in [-0.05, 0) is 69.0 Å². The molecule has 6 nitrogen and oxygen atoms in total. The average molecular weight is 450 g/mol. The van der Waals surface area contributed by atoms with Gasteiger partial charge in [0.1, 0.15) is 5.76 Å². The Labute approximate surface area is 196 Å². The number of fused-ring (bicyclic) bond motifs is 1.